The Morgan fingerprint density at radius 2 is 1.83 bits per heavy atom. The second-order valence-electron chi connectivity index (χ2n) is 10.1. The molecule has 5 atom stereocenters. The van der Waals surface area contributed by atoms with Crippen LogP contribution in [0.3, 0.4) is 0 Å². The zero-order valence-corrected chi connectivity index (χ0v) is 19.6. The smallest absolute Gasteiger partial charge is 0.421 e. The molecule has 0 radical (unpaired) electrons. The first-order chi connectivity index (χ1) is 17.0. The van der Waals surface area contributed by atoms with Crippen LogP contribution in [0, 0.1) is 5.92 Å². The highest BCUT2D eigenvalue weighted by molar-refractivity contribution is 5.95. The largest absolute Gasteiger partial charge is 0.445 e. The third kappa shape index (κ3) is 3.99. The van der Waals surface area contributed by atoms with Crippen molar-refractivity contribution in [2.24, 2.45) is 11.7 Å². The number of nitrogens with two attached hydrogens (primary N) is 1. The Morgan fingerprint density at radius 1 is 1.14 bits per heavy atom. The third-order valence-electron chi connectivity index (χ3n) is 7.95. The number of alkyl halides is 3. The molecule has 3 unspecified atom stereocenters. The van der Waals surface area contributed by atoms with Gasteiger partial charge < -0.3 is 20.5 Å². The highest BCUT2D eigenvalue weighted by atomic mass is 19.4. The lowest BCUT2D eigenvalue weighted by Crippen LogP contribution is -2.44. The van der Waals surface area contributed by atoms with Crippen molar-refractivity contribution < 1.29 is 32.6 Å². The molecule has 3 aliphatic carbocycles. The average Bonchev–Trinajstić information content (AvgIpc) is 3.76. The molecule has 11 heteroatoms. The summed E-state index contributed by atoms with van der Waals surface area (Å²) < 4.78 is 45.0. The molecule has 3 aliphatic rings. The SMILES string of the molecule is C[C@](O)(c1ccc(C(=O)N(C2CC2)C2CC[C@]3(c4cccnn4)C(C2)C3OC(N)=O)cc1)C(F)(F)F. The Balaban J connectivity index is 1.37. The number of aromatic nitrogens is 2. The van der Waals surface area contributed by atoms with Gasteiger partial charge in [-0.1, -0.05) is 12.1 Å². The van der Waals surface area contributed by atoms with Gasteiger partial charge in [0.2, 0.25) is 0 Å². The van der Waals surface area contributed by atoms with Gasteiger partial charge >= 0.3 is 12.3 Å². The summed E-state index contributed by atoms with van der Waals surface area (Å²) in [6, 6.07) is 8.50. The molecule has 0 bridgehead atoms. The number of primary amides is 1. The predicted octanol–water partition coefficient (Wildman–Crippen LogP) is 3.44. The summed E-state index contributed by atoms with van der Waals surface area (Å²) in [5, 5.41) is 18.2. The number of hydrogen-bond donors (Lipinski definition) is 2. The normalized spacial score (nSPS) is 29.0. The fraction of sp³-hybridized carbons (Fsp3) is 0.520. The number of aliphatic hydroxyl groups is 1. The van der Waals surface area contributed by atoms with Gasteiger partial charge in [-0.3, -0.25) is 4.79 Å². The van der Waals surface area contributed by atoms with Gasteiger partial charge in [0.15, 0.2) is 5.60 Å². The molecule has 3 fully saturated rings. The molecule has 192 valence electrons. The van der Waals surface area contributed by atoms with E-state index in [0.717, 1.165) is 30.7 Å². The minimum absolute atomic E-state index is 0.0544. The van der Waals surface area contributed by atoms with Crippen LogP contribution in [0.25, 0.3) is 0 Å². The number of halogens is 3. The topological polar surface area (TPSA) is 119 Å². The number of rotatable bonds is 6. The molecule has 1 heterocycles. The number of nitrogens with zero attached hydrogens (tertiary/aromatic N) is 3. The van der Waals surface area contributed by atoms with Crippen molar-refractivity contribution in [2.45, 2.75) is 74.4 Å². The first-order valence-corrected chi connectivity index (χ1v) is 11.9. The fourth-order valence-electron chi connectivity index (χ4n) is 5.77. The molecular formula is C25H27F3N4O4. The second kappa shape index (κ2) is 8.43. The van der Waals surface area contributed by atoms with Crippen LogP contribution in [0.5, 0.6) is 0 Å². The van der Waals surface area contributed by atoms with E-state index in [4.69, 9.17) is 10.5 Å². The van der Waals surface area contributed by atoms with Gasteiger partial charge in [0.05, 0.1) is 11.1 Å². The maximum absolute atomic E-state index is 13.5. The fourth-order valence-corrected chi connectivity index (χ4v) is 5.77. The van der Waals surface area contributed by atoms with Crippen molar-refractivity contribution in [3.05, 3.63) is 59.4 Å². The summed E-state index contributed by atoms with van der Waals surface area (Å²) in [5.74, 6) is -0.334. The van der Waals surface area contributed by atoms with Crippen molar-refractivity contribution in [3.63, 3.8) is 0 Å². The number of benzene rings is 1. The van der Waals surface area contributed by atoms with Crippen LogP contribution in [-0.2, 0) is 15.8 Å². The third-order valence-corrected chi connectivity index (χ3v) is 7.95. The minimum atomic E-state index is -4.84. The van der Waals surface area contributed by atoms with Crippen LogP contribution in [0.4, 0.5) is 18.0 Å². The molecule has 36 heavy (non-hydrogen) atoms. The lowest BCUT2D eigenvalue weighted by molar-refractivity contribution is -0.258. The summed E-state index contributed by atoms with van der Waals surface area (Å²) in [7, 11) is 0. The highest BCUT2D eigenvalue weighted by Crippen LogP contribution is 2.64. The zero-order valence-electron chi connectivity index (χ0n) is 19.6. The van der Waals surface area contributed by atoms with Crippen LogP contribution in [0.1, 0.15) is 60.6 Å². The summed E-state index contributed by atoms with van der Waals surface area (Å²) in [6.45, 7) is 0.686. The molecule has 3 N–H and O–H groups in total. The van der Waals surface area contributed by atoms with Gasteiger partial charge in [0.1, 0.15) is 6.10 Å². The van der Waals surface area contributed by atoms with Crippen molar-refractivity contribution in [1.82, 2.24) is 15.1 Å². The summed E-state index contributed by atoms with van der Waals surface area (Å²) in [6.07, 6.45) is -1.02. The number of amides is 2. The van der Waals surface area contributed by atoms with E-state index in [2.05, 4.69) is 10.2 Å². The van der Waals surface area contributed by atoms with E-state index < -0.39 is 29.4 Å². The molecule has 8 nitrogen and oxygen atoms in total. The van der Waals surface area contributed by atoms with E-state index in [9.17, 15) is 27.9 Å². The number of ether oxygens (including phenoxy) is 1. The Hall–Kier alpha value is -3.21. The predicted molar refractivity (Wildman–Crippen MR) is 121 cm³/mol. The first-order valence-electron chi connectivity index (χ1n) is 11.9. The molecule has 0 saturated heterocycles. The van der Waals surface area contributed by atoms with Crippen LogP contribution in [0.15, 0.2) is 42.6 Å². The van der Waals surface area contributed by atoms with E-state index in [0.29, 0.717) is 26.2 Å². The Labute approximate surface area is 205 Å². The number of carbonyl (C=O) groups is 2. The van der Waals surface area contributed by atoms with Crippen LogP contribution in [-0.4, -0.2) is 56.6 Å². The summed E-state index contributed by atoms with van der Waals surface area (Å²) in [5.41, 5.74) is 2.48. The molecular weight excluding hydrogens is 477 g/mol. The molecule has 1 aromatic carbocycles. The van der Waals surface area contributed by atoms with Crippen LogP contribution < -0.4 is 5.73 Å². The molecule has 0 spiro atoms. The van der Waals surface area contributed by atoms with Gasteiger partial charge in [-0.15, -0.1) is 0 Å². The summed E-state index contributed by atoms with van der Waals surface area (Å²) >= 11 is 0. The lowest BCUT2D eigenvalue weighted by atomic mass is 9.82. The van der Waals surface area contributed by atoms with E-state index >= 15 is 0 Å². The molecule has 0 aliphatic heterocycles. The standard InChI is InChI=1S/C25H27F3N4O4/c1-23(35,25(26,27)28)15-6-4-14(5-7-15)21(33)32(16-8-9-16)17-10-11-24(19-3-2-12-30-31-19)18(13-17)20(24)36-22(29)34/h2-7,12,16-18,20,35H,8-11,13H2,1H3,(H2,29,34)/t17?,18?,20?,23-,24+/m0/s1. The molecule has 1 aromatic heterocycles. The van der Waals surface area contributed by atoms with Crippen molar-refractivity contribution in [1.29, 1.82) is 0 Å². The van der Waals surface area contributed by atoms with Crippen molar-refractivity contribution in [2.75, 3.05) is 0 Å². The second-order valence-corrected chi connectivity index (χ2v) is 10.1. The zero-order chi connectivity index (χ0) is 25.9. The van der Waals surface area contributed by atoms with Gasteiger partial charge in [-0.05, 0) is 68.9 Å². The van der Waals surface area contributed by atoms with E-state index in [1.807, 2.05) is 11.0 Å². The van der Waals surface area contributed by atoms with E-state index in [-0.39, 0.29) is 35.0 Å². The highest BCUT2D eigenvalue weighted by Gasteiger charge is 2.71. The van der Waals surface area contributed by atoms with Gasteiger partial charge in [0, 0.05) is 29.8 Å². The van der Waals surface area contributed by atoms with E-state index in [1.165, 1.54) is 12.1 Å². The maximum atomic E-state index is 13.5. The van der Waals surface area contributed by atoms with Gasteiger partial charge in [0.25, 0.3) is 5.91 Å². The van der Waals surface area contributed by atoms with Gasteiger partial charge in [-0.25, -0.2) is 4.79 Å². The summed E-state index contributed by atoms with van der Waals surface area (Å²) in [4.78, 5) is 26.9. The Kier molecular flexibility index (Phi) is 5.73. The number of carbonyl (C=O) groups excluding carboxylic acids is 2. The van der Waals surface area contributed by atoms with Crippen molar-refractivity contribution >= 4 is 12.0 Å². The molecule has 3 saturated carbocycles. The number of fused-ring (bicyclic) bond motifs is 1. The maximum Gasteiger partial charge on any atom is 0.421 e. The quantitative estimate of drug-likeness (QED) is 0.622. The first kappa shape index (κ1) is 24.5. The lowest BCUT2D eigenvalue weighted by Gasteiger charge is -2.36. The average molecular weight is 505 g/mol. The van der Waals surface area contributed by atoms with Crippen molar-refractivity contribution in [3.8, 4) is 0 Å². The van der Waals surface area contributed by atoms with Gasteiger partial charge in [-0.2, -0.15) is 23.4 Å². The molecule has 5 rings (SSSR count). The van der Waals surface area contributed by atoms with Crippen LogP contribution >= 0.6 is 0 Å². The Morgan fingerprint density at radius 3 is 2.39 bits per heavy atom. The molecule has 2 aromatic rings. The van der Waals surface area contributed by atoms with E-state index in [1.54, 1.807) is 12.3 Å². The number of hydrogen-bond acceptors (Lipinski definition) is 6. The monoisotopic (exact) mass is 504 g/mol. The van der Waals surface area contributed by atoms with Crippen LogP contribution in [0.2, 0.25) is 0 Å². The minimum Gasteiger partial charge on any atom is -0.445 e. The Bertz CT molecular complexity index is 1150. The molecule has 2 amide bonds.